The molecule has 1 aliphatic rings. The van der Waals surface area contributed by atoms with E-state index in [0.717, 1.165) is 0 Å². The summed E-state index contributed by atoms with van der Waals surface area (Å²) < 4.78 is 28.4. The molecule has 0 spiro atoms. The van der Waals surface area contributed by atoms with Crippen LogP contribution in [0.25, 0.3) is 0 Å². The second kappa shape index (κ2) is 5.09. The largest absolute Gasteiger partial charge is 0.472 e. The van der Waals surface area contributed by atoms with E-state index in [1.807, 2.05) is 18.7 Å². The van der Waals surface area contributed by atoms with Gasteiger partial charge in [0, 0.05) is 25.5 Å². The first-order valence-electron chi connectivity index (χ1n) is 5.91. The SMILES string of the molecule is CC(C)Oc1nccnc1N1CCS(=O)(=O)CC1. The van der Waals surface area contributed by atoms with Crippen LogP contribution in [-0.4, -0.2) is 49.1 Å². The first-order chi connectivity index (χ1) is 8.48. The summed E-state index contributed by atoms with van der Waals surface area (Å²) in [5.74, 6) is 1.41. The Morgan fingerprint density at radius 2 is 1.83 bits per heavy atom. The minimum atomic E-state index is -2.89. The average molecular weight is 271 g/mol. The number of ether oxygens (including phenoxy) is 1. The van der Waals surface area contributed by atoms with Crippen molar-refractivity contribution in [2.45, 2.75) is 20.0 Å². The normalized spacial score (nSPS) is 18.9. The van der Waals surface area contributed by atoms with E-state index in [1.165, 1.54) is 0 Å². The van der Waals surface area contributed by atoms with E-state index < -0.39 is 9.84 Å². The van der Waals surface area contributed by atoms with E-state index in [4.69, 9.17) is 4.74 Å². The summed E-state index contributed by atoms with van der Waals surface area (Å²) in [5.41, 5.74) is 0. The average Bonchev–Trinajstić information content (AvgIpc) is 2.29. The molecule has 1 aliphatic heterocycles. The summed E-state index contributed by atoms with van der Waals surface area (Å²) >= 11 is 0. The number of sulfone groups is 1. The molecular formula is C11H17N3O3S. The molecule has 0 aliphatic carbocycles. The van der Waals surface area contributed by atoms with Gasteiger partial charge in [-0.25, -0.2) is 18.4 Å². The van der Waals surface area contributed by atoms with E-state index in [2.05, 4.69) is 9.97 Å². The second-order valence-electron chi connectivity index (χ2n) is 4.49. The maximum atomic E-state index is 11.4. The monoisotopic (exact) mass is 271 g/mol. The topological polar surface area (TPSA) is 72.4 Å². The van der Waals surface area contributed by atoms with E-state index in [9.17, 15) is 8.42 Å². The van der Waals surface area contributed by atoms with Gasteiger partial charge in [-0.05, 0) is 13.8 Å². The smallest absolute Gasteiger partial charge is 0.257 e. The molecule has 0 bridgehead atoms. The Kier molecular flexibility index (Phi) is 3.70. The van der Waals surface area contributed by atoms with Crippen LogP contribution in [0, 0.1) is 0 Å². The highest BCUT2D eigenvalue weighted by Crippen LogP contribution is 2.24. The summed E-state index contributed by atoms with van der Waals surface area (Å²) in [4.78, 5) is 10.3. The zero-order chi connectivity index (χ0) is 13.2. The number of hydrogen-bond donors (Lipinski definition) is 0. The van der Waals surface area contributed by atoms with Gasteiger partial charge in [-0.2, -0.15) is 0 Å². The molecule has 1 fully saturated rings. The van der Waals surface area contributed by atoms with Crippen LogP contribution in [0.2, 0.25) is 0 Å². The number of hydrogen-bond acceptors (Lipinski definition) is 6. The molecule has 1 aromatic heterocycles. The van der Waals surface area contributed by atoms with Crippen molar-refractivity contribution in [2.75, 3.05) is 29.5 Å². The van der Waals surface area contributed by atoms with Crippen molar-refractivity contribution in [3.63, 3.8) is 0 Å². The fourth-order valence-electron chi connectivity index (χ4n) is 1.77. The lowest BCUT2D eigenvalue weighted by atomic mass is 10.4. The third-order valence-electron chi connectivity index (χ3n) is 2.64. The molecule has 0 radical (unpaired) electrons. The van der Waals surface area contributed by atoms with Crippen molar-refractivity contribution < 1.29 is 13.2 Å². The molecule has 0 atom stereocenters. The third kappa shape index (κ3) is 3.10. The van der Waals surface area contributed by atoms with Crippen LogP contribution in [0.3, 0.4) is 0 Å². The van der Waals surface area contributed by atoms with Crippen molar-refractivity contribution in [3.8, 4) is 5.88 Å². The van der Waals surface area contributed by atoms with Gasteiger partial charge in [-0.3, -0.25) is 0 Å². The molecule has 100 valence electrons. The molecule has 2 rings (SSSR count). The first kappa shape index (κ1) is 13.1. The molecule has 1 aromatic rings. The number of aromatic nitrogens is 2. The molecule has 18 heavy (non-hydrogen) atoms. The van der Waals surface area contributed by atoms with Gasteiger partial charge < -0.3 is 9.64 Å². The lowest BCUT2D eigenvalue weighted by molar-refractivity contribution is 0.232. The Morgan fingerprint density at radius 1 is 1.22 bits per heavy atom. The lowest BCUT2D eigenvalue weighted by Gasteiger charge is -2.28. The highest BCUT2D eigenvalue weighted by atomic mass is 32.2. The molecule has 0 unspecified atom stereocenters. The van der Waals surface area contributed by atoms with Crippen molar-refractivity contribution >= 4 is 15.7 Å². The van der Waals surface area contributed by atoms with Crippen LogP contribution in [0.1, 0.15) is 13.8 Å². The van der Waals surface area contributed by atoms with E-state index in [1.54, 1.807) is 12.4 Å². The van der Waals surface area contributed by atoms with E-state index in [0.29, 0.717) is 24.8 Å². The summed E-state index contributed by atoms with van der Waals surface area (Å²) in [6.07, 6.45) is 3.17. The Hall–Kier alpha value is -1.37. The summed E-state index contributed by atoms with van der Waals surface area (Å²) in [5, 5.41) is 0. The van der Waals surface area contributed by atoms with Crippen molar-refractivity contribution in [1.29, 1.82) is 0 Å². The third-order valence-corrected chi connectivity index (χ3v) is 4.25. The number of nitrogens with zero attached hydrogens (tertiary/aromatic N) is 3. The zero-order valence-electron chi connectivity index (χ0n) is 10.5. The van der Waals surface area contributed by atoms with Gasteiger partial charge in [0.15, 0.2) is 15.7 Å². The van der Waals surface area contributed by atoms with Gasteiger partial charge in [-0.1, -0.05) is 0 Å². The van der Waals surface area contributed by atoms with Crippen molar-refractivity contribution in [3.05, 3.63) is 12.4 Å². The van der Waals surface area contributed by atoms with Crippen LogP contribution in [0.4, 0.5) is 5.82 Å². The standard InChI is InChI=1S/C11H17N3O3S/c1-9(2)17-11-10(12-3-4-13-11)14-5-7-18(15,16)8-6-14/h3-4,9H,5-8H2,1-2H3. The Bertz CT molecular complexity index is 502. The highest BCUT2D eigenvalue weighted by molar-refractivity contribution is 7.91. The Labute approximate surface area is 107 Å². The van der Waals surface area contributed by atoms with Crippen LogP contribution >= 0.6 is 0 Å². The Morgan fingerprint density at radius 3 is 2.44 bits per heavy atom. The van der Waals surface area contributed by atoms with Gasteiger partial charge >= 0.3 is 0 Å². The fourth-order valence-corrected chi connectivity index (χ4v) is 2.97. The lowest BCUT2D eigenvalue weighted by Crippen LogP contribution is -2.41. The maximum Gasteiger partial charge on any atom is 0.257 e. The van der Waals surface area contributed by atoms with Gasteiger partial charge in [0.25, 0.3) is 5.88 Å². The highest BCUT2D eigenvalue weighted by Gasteiger charge is 2.25. The van der Waals surface area contributed by atoms with Gasteiger partial charge in [-0.15, -0.1) is 0 Å². The molecule has 0 amide bonds. The van der Waals surface area contributed by atoms with Crippen LogP contribution < -0.4 is 9.64 Å². The predicted octanol–water partition coefficient (Wildman–Crippen LogP) is 0.499. The Balaban J connectivity index is 2.18. The van der Waals surface area contributed by atoms with Gasteiger partial charge in [0.2, 0.25) is 0 Å². The quantitative estimate of drug-likeness (QED) is 0.797. The molecule has 0 N–H and O–H groups in total. The van der Waals surface area contributed by atoms with Crippen molar-refractivity contribution in [2.24, 2.45) is 0 Å². The minimum absolute atomic E-state index is 0.00831. The number of anilines is 1. The van der Waals surface area contributed by atoms with E-state index >= 15 is 0 Å². The molecule has 2 heterocycles. The summed E-state index contributed by atoms with van der Waals surface area (Å²) in [6, 6.07) is 0. The van der Waals surface area contributed by atoms with Crippen molar-refractivity contribution in [1.82, 2.24) is 9.97 Å². The second-order valence-corrected chi connectivity index (χ2v) is 6.79. The molecule has 6 nitrogen and oxygen atoms in total. The van der Waals surface area contributed by atoms with Crippen LogP contribution in [0.5, 0.6) is 5.88 Å². The maximum absolute atomic E-state index is 11.4. The van der Waals surface area contributed by atoms with Crippen LogP contribution in [0.15, 0.2) is 12.4 Å². The predicted molar refractivity (Wildman–Crippen MR) is 68.7 cm³/mol. The number of rotatable bonds is 3. The van der Waals surface area contributed by atoms with Crippen LogP contribution in [-0.2, 0) is 9.84 Å². The summed E-state index contributed by atoms with van der Waals surface area (Å²) in [7, 11) is -2.89. The van der Waals surface area contributed by atoms with E-state index in [-0.39, 0.29) is 17.6 Å². The molecule has 0 saturated carbocycles. The van der Waals surface area contributed by atoms with Gasteiger partial charge in [0.05, 0.1) is 17.6 Å². The summed E-state index contributed by atoms with van der Waals surface area (Å²) in [6.45, 7) is 4.71. The van der Waals surface area contributed by atoms with Gasteiger partial charge in [0.1, 0.15) is 0 Å². The fraction of sp³-hybridized carbons (Fsp3) is 0.636. The molecule has 1 saturated heterocycles. The molecular weight excluding hydrogens is 254 g/mol. The molecule has 7 heteroatoms. The zero-order valence-corrected chi connectivity index (χ0v) is 11.4. The minimum Gasteiger partial charge on any atom is -0.472 e. The first-order valence-corrected chi connectivity index (χ1v) is 7.73. The molecule has 0 aromatic carbocycles.